The average Bonchev–Trinajstić information content (AvgIpc) is 2.34. The molecule has 0 bridgehead atoms. The van der Waals surface area contributed by atoms with Crippen LogP contribution in [0.4, 0.5) is 0 Å². The van der Waals surface area contributed by atoms with Crippen LogP contribution in [0, 0.1) is 0 Å². The molecule has 0 aliphatic carbocycles. The van der Waals surface area contributed by atoms with Crippen LogP contribution in [0.25, 0.3) is 0 Å². The van der Waals surface area contributed by atoms with Crippen molar-refractivity contribution < 1.29 is 9.53 Å². The molecule has 0 aliphatic rings. The van der Waals surface area contributed by atoms with E-state index in [4.69, 9.17) is 11.6 Å². The highest BCUT2D eigenvalue weighted by Gasteiger charge is 2.06. The number of nitrogens with one attached hydrogen (secondary N) is 1. The van der Waals surface area contributed by atoms with Crippen LogP contribution in [0.15, 0.2) is 23.1 Å². The number of methoxy groups -OCH3 is 1. The molecule has 0 atom stereocenters. The average molecular weight is 288 g/mol. The summed E-state index contributed by atoms with van der Waals surface area (Å²) in [5, 5.41) is 4.04. The first-order chi connectivity index (χ1) is 8.52. The summed E-state index contributed by atoms with van der Waals surface area (Å²) in [5.41, 5.74) is 1.06. The highest BCUT2D eigenvalue weighted by Crippen LogP contribution is 2.25. The number of thioether (sulfide) groups is 1. The van der Waals surface area contributed by atoms with Gasteiger partial charge in [0.05, 0.1) is 12.9 Å². The normalized spacial score (nSPS) is 10.7. The highest BCUT2D eigenvalue weighted by atomic mass is 35.5. The molecule has 0 aliphatic heterocycles. The molecule has 100 valence electrons. The van der Waals surface area contributed by atoms with E-state index >= 15 is 0 Å². The lowest BCUT2D eigenvalue weighted by Gasteiger charge is -2.10. The Morgan fingerprint density at radius 2 is 2.22 bits per heavy atom. The third-order valence-corrected chi connectivity index (χ3v) is 3.63. The van der Waals surface area contributed by atoms with Crippen molar-refractivity contribution in [2.75, 3.05) is 12.9 Å². The Morgan fingerprint density at radius 1 is 1.50 bits per heavy atom. The van der Waals surface area contributed by atoms with Gasteiger partial charge in [-0.25, -0.2) is 0 Å². The molecule has 0 amide bonds. The van der Waals surface area contributed by atoms with E-state index < -0.39 is 0 Å². The van der Waals surface area contributed by atoms with Crippen molar-refractivity contribution in [2.45, 2.75) is 31.3 Å². The second-order valence-electron chi connectivity index (χ2n) is 4.15. The van der Waals surface area contributed by atoms with Crippen molar-refractivity contribution in [1.29, 1.82) is 0 Å². The van der Waals surface area contributed by atoms with Gasteiger partial charge < -0.3 is 10.1 Å². The van der Waals surface area contributed by atoms with Crippen LogP contribution in [-0.2, 0) is 16.1 Å². The summed E-state index contributed by atoms with van der Waals surface area (Å²) in [4.78, 5) is 12.0. The molecule has 18 heavy (non-hydrogen) atoms. The standard InChI is InChI=1S/C13H18ClNO2S/c1-9(2)15-7-10-4-5-11(6-12(10)14)18-8-13(16)17-3/h4-6,9,15H,7-8H2,1-3H3. The van der Waals surface area contributed by atoms with Crippen LogP contribution in [0.1, 0.15) is 19.4 Å². The second kappa shape index (κ2) is 7.67. The van der Waals surface area contributed by atoms with E-state index in [9.17, 15) is 4.79 Å². The van der Waals surface area contributed by atoms with Crippen LogP contribution in [0.2, 0.25) is 5.02 Å². The maximum absolute atomic E-state index is 11.0. The number of ether oxygens (including phenoxy) is 1. The van der Waals surface area contributed by atoms with Crippen LogP contribution < -0.4 is 5.32 Å². The van der Waals surface area contributed by atoms with Gasteiger partial charge in [0.2, 0.25) is 0 Å². The van der Waals surface area contributed by atoms with E-state index in [0.717, 1.165) is 22.0 Å². The third-order valence-electron chi connectivity index (χ3n) is 2.31. The van der Waals surface area contributed by atoms with Crippen LogP contribution in [0.5, 0.6) is 0 Å². The summed E-state index contributed by atoms with van der Waals surface area (Å²) >= 11 is 7.61. The summed E-state index contributed by atoms with van der Waals surface area (Å²) in [6.07, 6.45) is 0. The minimum atomic E-state index is -0.235. The Hall–Kier alpha value is -0.710. The molecule has 0 heterocycles. The van der Waals surface area contributed by atoms with Crippen LogP contribution >= 0.6 is 23.4 Å². The maximum atomic E-state index is 11.0. The van der Waals surface area contributed by atoms with Crippen LogP contribution in [-0.4, -0.2) is 24.9 Å². The molecule has 1 aromatic carbocycles. The van der Waals surface area contributed by atoms with Crippen molar-refractivity contribution in [3.63, 3.8) is 0 Å². The third kappa shape index (κ3) is 5.29. The molecule has 0 saturated heterocycles. The molecule has 0 unspecified atom stereocenters. The maximum Gasteiger partial charge on any atom is 0.315 e. The minimum Gasteiger partial charge on any atom is -0.468 e. The summed E-state index contributed by atoms with van der Waals surface area (Å²) in [6.45, 7) is 4.93. The largest absolute Gasteiger partial charge is 0.468 e. The quantitative estimate of drug-likeness (QED) is 0.644. The first-order valence-electron chi connectivity index (χ1n) is 5.74. The number of carbonyl (C=O) groups excluding carboxylic acids is 1. The lowest BCUT2D eigenvalue weighted by Crippen LogP contribution is -2.21. The predicted octanol–water partition coefficient (Wildman–Crippen LogP) is 3.10. The molecule has 0 aromatic heterocycles. The summed E-state index contributed by atoms with van der Waals surface area (Å²) in [6, 6.07) is 6.26. The van der Waals surface area contributed by atoms with Gasteiger partial charge in [-0.15, -0.1) is 11.8 Å². The second-order valence-corrected chi connectivity index (χ2v) is 5.61. The van der Waals surface area contributed by atoms with E-state index in [1.807, 2.05) is 18.2 Å². The molecular weight excluding hydrogens is 270 g/mol. The lowest BCUT2D eigenvalue weighted by molar-refractivity contribution is -0.137. The number of hydrogen-bond acceptors (Lipinski definition) is 4. The summed E-state index contributed by atoms with van der Waals surface area (Å²) < 4.78 is 4.59. The van der Waals surface area contributed by atoms with E-state index in [1.54, 1.807) is 0 Å². The van der Waals surface area contributed by atoms with Crippen molar-refractivity contribution in [1.82, 2.24) is 5.32 Å². The van der Waals surface area contributed by atoms with Crippen LogP contribution in [0.3, 0.4) is 0 Å². The molecule has 5 heteroatoms. The van der Waals surface area contributed by atoms with Gasteiger partial charge in [0.1, 0.15) is 0 Å². The smallest absolute Gasteiger partial charge is 0.315 e. The zero-order chi connectivity index (χ0) is 13.5. The summed E-state index contributed by atoms with van der Waals surface area (Å²) in [7, 11) is 1.39. The molecular formula is C13H18ClNO2S. The van der Waals surface area contributed by atoms with Gasteiger partial charge in [-0.05, 0) is 17.7 Å². The van der Waals surface area contributed by atoms with E-state index in [0.29, 0.717) is 11.8 Å². The van der Waals surface area contributed by atoms with E-state index in [2.05, 4.69) is 23.9 Å². The van der Waals surface area contributed by atoms with Crippen molar-refractivity contribution in [3.8, 4) is 0 Å². The zero-order valence-corrected chi connectivity index (χ0v) is 12.4. The Bertz CT molecular complexity index is 410. The molecule has 1 N–H and O–H groups in total. The minimum absolute atomic E-state index is 0.235. The molecule has 0 fully saturated rings. The first-order valence-corrected chi connectivity index (χ1v) is 7.10. The Labute approximate surface area is 117 Å². The number of rotatable bonds is 6. The van der Waals surface area contributed by atoms with Gasteiger partial charge >= 0.3 is 5.97 Å². The molecule has 0 radical (unpaired) electrons. The van der Waals surface area contributed by atoms with Crippen molar-refractivity contribution in [2.24, 2.45) is 0 Å². The van der Waals surface area contributed by atoms with Gasteiger partial charge in [0.15, 0.2) is 0 Å². The van der Waals surface area contributed by atoms with Crippen molar-refractivity contribution in [3.05, 3.63) is 28.8 Å². The zero-order valence-electron chi connectivity index (χ0n) is 10.8. The topological polar surface area (TPSA) is 38.3 Å². The molecule has 1 aromatic rings. The molecule has 0 spiro atoms. The summed E-state index contributed by atoms with van der Waals surface area (Å²) in [5.74, 6) is 0.0674. The van der Waals surface area contributed by atoms with Gasteiger partial charge in [-0.3, -0.25) is 4.79 Å². The number of carbonyl (C=O) groups is 1. The highest BCUT2D eigenvalue weighted by molar-refractivity contribution is 8.00. The Kier molecular flexibility index (Phi) is 6.54. The van der Waals surface area contributed by atoms with E-state index in [1.165, 1.54) is 18.9 Å². The molecule has 1 rings (SSSR count). The monoisotopic (exact) mass is 287 g/mol. The molecule has 0 saturated carbocycles. The number of esters is 1. The number of hydrogen-bond donors (Lipinski definition) is 1. The molecule has 3 nitrogen and oxygen atoms in total. The fourth-order valence-corrected chi connectivity index (χ4v) is 2.36. The Balaban J connectivity index is 2.58. The number of benzene rings is 1. The van der Waals surface area contributed by atoms with Gasteiger partial charge in [0.25, 0.3) is 0 Å². The fraction of sp³-hybridized carbons (Fsp3) is 0.462. The predicted molar refractivity (Wildman–Crippen MR) is 76.2 cm³/mol. The first kappa shape index (κ1) is 15.3. The number of halogens is 1. The van der Waals surface area contributed by atoms with Gasteiger partial charge in [0, 0.05) is 22.5 Å². The van der Waals surface area contributed by atoms with Gasteiger partial charge in [-0.2, -0.15) is 0 Å². The lowest BCUT2D eigenvalue weighted by atomic mass is 10.2. The van der Waals surface area contributed by atoms with E-state index in [-0.39, 0.29) is 5.97 Å². The Morgan fingerprint density at radius 3 is 2.78 bits per heavy atom. The van der Waals surface area contributed by atoms with Crippen molar-refractivity contribution >= 4 is 29.3 Å². The fourth-order valence-electron chi connectivity index (χ4n) is 1.28. The SMILES string of the molecule is COC(=O)CSc1ccc(CNC(C)C)c(Cl)c1. The van der Waals surface area contributed by atoms with Gasteiger partial charge in [-0.1, -0.05) is 31.5 Å².